The van der Waals surface area contributed by atoms with Gasteiger partial charge < -0.3 is 14.8 Å². The van der Waals surface area contributed by atoms with Crippen molar-refractivity contribution in [2.24, 2.45) is 0 Å². The van der Waals surface area contributed by atoms with E-state index in [-0.39, 0.29) is 5.57 Å². The van der Waals surface area contributed by atoms with E-state index in [1.807, 2.05) is 38.1 Å². The highest BCUT2D eigenvalue weighted by Gasteiger charge is 2.12. The summed E-state index contributed by atoms with van der Waals surface area (Å²) in [5.74, 6) is 0.660. The lowest BCUT2D eigenvalue weighted by molar-refractivity contribution is -0.112. The molecule has 0 aromatic heterocycles. The van der Waals surface area contributed by atoms with Gasteiger partial charge in [-0.25, -0.2) is 0 Å². The summed E-state index contributed by atoms with van der Waals surface area (Å²) in [5.41, 5.74) is 3.34. The molecule has 2 aromatic rings. The minimum absolute atomic E-state index is 0.00752. The molecule has 0 radical (unpaired) electrons. The van der Waals surface area contributed by atoms with Crippen LogP contribution < -0.4 is 14.8 Å². The van der Waals surface area contributed by atoms with Crippen LogP contribution in [0.2, 0.25) is 0 Å². The topological polar surface area (TPSA) is 71.3 Å². The lowest BCUT2D eigenvalue weighted by atomic mass is 10.1. The quantitative estimate of drug-likeness (QED) is 0.665. The molecule has 0 atom stereocenters. The Morgan fingerprint density at radius 2 is 1.80 bits per heavy atom. The molecule has 0 aliphatic carbocycles. The minimum Gasteiger partial charge on any atom is -0.493 e. The number of rotatable bonds is 5. The molecule has 1 N–H and O–H groups in total. The molecule has 0 aliphatic heterocycles. The van der Waals surface area contributed by atoms with Gasteiger partial charge in [-0.1, -0.05) is 18.2 Å². The zero-order valence-corrected chi connectivity index (χ0v) is 14.7. The summed E-state index contributed by atoms with van der Waals surface area (Å²) < 4.78 is 10.4. The summed E-state index contributed by atoms with van der Waals surface area (Å²) >= 11 is 0. The van der Waals surface area contributed by atoms with Crippen molar-refractivity contribution < 1.29 is 14.3 Å². The summed E-state index contributed by atoms with van der Waals surface area (Å²) in [5, 5.41) is 12.1. The van der Waals surface area contributed by atoms with Gasteiger partial charge in [0.25, 0.3) is 5.91 Å². The SMILES string of the molecule is COc1ccc(C=C(C#N)C(=O)Nc2cc(C)ccc2C)cc1OC. The Morgan fingerprint density at radius 1 is 1.08 bits per heavy atom. The van der Waals surface area contributed by atoms with Crippen LogP contribution in [0.15, 0.2) is 42.0 Å². The second-order valence-electron chi connectivity index (χ2n) is 5.56. The van der Waals surface area contributed by atoms with Crippen LogP contribution in [0.1, 0.15) is 16.7 Å². The highest BCUT2D eigenvalue weighted by molar-refractivity contribution is 6.10. The number of hydrogen-bond acceptors (Lipinski definition) is 4. The van der Waals surface area contributed by atoms with E-state index in [0.29, 0.717) is 22.7 Å². The third-order valence-electron chi connectivity index (χ3n) is 3.72. The van der Waals surface area contributed by atoms with Crippen molar-refractivity contribution in [2.45, 2.75) is 13.8 Å². The molecule has 128 valence electrons. The molecular formula is C20H20N2O3. The summed E-state index contributed by atoms with van der Waals surface area (Å²) in [6.07, 6.45) is 1.52. The van der Waals surface area contributed by atoms with Crippen LogP contribution in [0, 0.1) is 25.2 Å². The van der Waals surface area contributed by atoms with E-state index in [4.69, 9.17) is 9.47 Å². The number of ether oxygens (including phenoxy) is 2. The Kier molecular flexibility index (Phi) is 5.80. The predicted molar refractivity (Wildman–Crippen MR) is 97.7 cm³/mol. The van der Waals surface area contributed by atoms with Crippen molar-refractivity contribution >= 4 is 17.7 Å². The molecule has 1 amide bonds. The fourth-order valence-corrected chi connectivity index (χ4v) is 2.32. The van der Waals surface area contributed by atoms with E-state index in [9.17, 15) is 10.1 Å². The fourth-order valence-electron chi connectivity index (χ4n) is 2.32. The van der Waals surface area contributed by atoms with E-state index in [0.717, 1.165) is 11.1 Å². The summed E-state index contributed by atoms with van der Waals surface area (Å²) in [7, 11) is 3.08. The van der Waals surface area contributed by atoms with E-state index >= 15 is 0 Å². The number of nitriles is 1. The zero-order chi connectivity index (χ0) is 18.4. The molecule has 0 aliphatic rings. The standard InChI is InChI=1S/C20H20N2O3/c1-13-5-6-14(2)17(9-13)22-20(23)16(12-21)10-15-7-8-18(24-3)19(11-15)25-4/h5-11H,1-4H3,(H,22,23). The van der Waals surface area contributed by atoms with Gasteiger partial charge in [0, 0.05) is 5.69 Å². The molecule has 0 bridgehead atoms. The molecule has 0 spiro atoms. The normalized spacial score (nSPS) is 10.8. The van der Waals surface area contributed by atoms with E-state index in [2.05, 4.69) is 5.32 Å². The molecule has 0 saturated heterocycles. The molecular weight excluding hydrogens is 316 g/mol. The maximum absolute atomic E-state index is 12.4. The first kappa shape index (κ1) is 18.1. The number of nitrogens with one attached hydrogen (secondary N) is 1. The van der Waals surface area contributed by atoms with Crippen LogP contribution in [0.5, 0.6) is 11.5 Å². The average molecular weight is 336 g/mol. The first-order valence-corrected chi connectivity index (χ1v) is 7.71. The predicted octanol–water partition coefficient (Wildman–Crippen LogP) is 3.87. The largest absolute Gasteiger partial charge is 0.493 e. The molecule has 5 nitrogen and oxygen atoms in total. The number of carbonyl (C=O) groups excluding carboxylic acids is 1. The molecule has 2 aromatic carbocycles. The van der Waals surface area contributed by atoms with Gasteiger partial charge in [-0.3, -0.25) is 4.79 Å². The molecule has 0 heterocycles. The van der Waals surface area contributed by atoms with Gasteiger partial charge in [0.2, 0.25) is 0 Å². The van der Waals surface area contributed by atoms with Crippen LogP contribution in [-0.2, 0) is 4.79 Å². The second-order valence-corrected chi connectivity index (χ2v) is 5.56. The first-order chi connectivity index (χ1) is 12.0. The van der Waals surface area contributed by atoms with Gasteiger partial charge in [-0.2, -0.15) is 5.26 Å². The first-order valence-electron chi connectivity index (χ1n) is 7.71. The molecule has 5 heteroatoms. The van der Waals surface area contributed by atoms with Gasteiger partial charge in [-0.15, -0.1) is 0 Å². The minimum atomic E-state index is -0.453. The average Bonchev–Trinajstić information content (AvgIpc) is 2.62. The number of hydrogen-bond donors (Lipinski definition) is 1. The summed E-state index contributed by atoms with van der Waals surface area (Å²) in [4.78, 5) is 12.4. The number of carbonyl (C=O) groups is 1. The monoisotopic (exact) mass is 336 g/mol. The Labute approximate surface area is 147 Å². The maximum Gasteiger partial charge on any atom is 0.266 e. The Bertz CT molecular complexity index is 864. The number of methoxy groups -OCH3 is 2. The fraction of sp³-hybridized carbons (Fsp3) is 0.200. The van der Waals surface area contributed by atoms with Crippen molar-refractivity contribution in [3.63, 3.8) is 0 Å². The van der Waals surface area contributed by atoms with Crippen LogP contribution in [0.4, 0.5) is 5.69 Å². The number of aryl methyl sites for hydroxylation is 2. The van der Waals surface area contributed by atoms with Crippen LogP contribution >= 0.6 is 0 Å². The number of amides is 1. The van der Waals surface area contributed by atoms with Gasteiger partial charge in [-0.05, 0) is 54.8 Å². The molecule has 25 heavy (non-hydrogen) atoms. The maximum atomic E-state index is 12.4. The number of nitrogens with zero attached hydrogens (tertiary/aromatic N) is 1. The number of benzene rings is 2. The van der Waals surface area contributed by atoms with Crippen molar-refractivity contribution in [1.82, 2.24) is 0 Å². The lowest BCUT2D eigenvalue weighted by Crippen LogP contribution is -2.14. The van der Waals surface area contributed by atoms with Crippen molar-refractivity contribution in [2.75, 3.05) is 19.5 Å². The Balaban J connectivity index is 2.29. The van der Waals surface area contributed by atoms with Crippen molar-refractivity contribution in [1.29, 1.82) is 5.26 Å². The van der Waals surface area contributed by atoms with Crippen LogP contribution in [0.25, 0.3) is 6.08 Å². The van der Waals surface area contributed by atoms with Gasteiger partial charge in [0.15, 0.2) is 11.5 Å². The van der Waals surface area contributed by atoms with Crippen LogP contribution in [-0.4, -0.2) is 20.1 Å². The Hall–Kier alpha value is -3.26. The molecule has 0 saturated carbocycles. The smallest absolute Gasteiger partial charge is 0.266 e. The molecule has 0 fully saturated rings. The third kappa shape index (κ3) is 4.39. The zero-order valence-electron chi connectivity index (χ0n) is 14.7. The number of anilines is 1. The lowest BCUT2D eigenvalue weighted by Gasteiger charge is -2.10. The van der Waals surface area contributed by atoms with E-state index < -0.39 is 5.91 Å². The van der Waals surface area contributed by atoms with E-state index in [1.165, 1.54) is 13.2 Å². The summed E-state index contributed by atoms with van der Waals surface area (Å²) in [6.45, 7) is 3.85. The van der Waals surface area contributed by atoms with Gasteiger partial charge in [0.05, 0.1) is 14.2 Å². The van der Waals surface area contributed by atoms with Crippen LogP contribution in [0.3, 0.4) is 0 Å². The molecule has 2 rings (SSSR count). The second kappa shape index (κ2) is 8.02. The molecule has 0 unspecified atom stereocenters. The Morgan fingerprint density at radius 3 is 2.44 bits per heavy atom. The highest BCUT2D eigenvalue weighted by Crippen LogP contribution is 2.28. The van der Waals surface area contributed by atoms with Crippen molar-refractivity contribution in [3.05, 3.63) is 58.7 Å². The van der Waals surface area contributed by atoms with Gasteiger partial charge in [0.1, 0.15) is 11.6 Å². The van der Waals surface area contributed by atoms with Crippen molar-refractivity contribution in [3.8, 4) is 17.6 Å². The van der Waals surface area contributed by atoms with E-state index in [1.54, 1.807) is 25.3 Å². The van der Waals surface area contributed by atoms with Gasteiger partial charge >= 0.3 is 0 Å². The summed E-state index contributed by atoms with van der Waals surface area (Å²) in [6, 6.07) is 12.9. The highest BCUT2D eigenvalue weighted by atomic mass is 16.5. The third-order valence-corrected chi connectivity index (χ3v) is 3.72.